The number of amides is 1. The molecule has 0 bridgehead atoms. The lowest BCUT2D eigenvalue weighted by atomic mass is 9.81. The van der Waals surface area contributed by atoms with Crippen molar-refractivity contribution >= 4 is 11.6 Å². The van der Waals surface area contributed by atoms with Crippen LogP contribution in [0.2, 0.25) is 0 Å². The fraction of sp³-hybridized carbons (Fsp3) is 0.167. The predicted molar refractivity (Wildman–Crippen MR) is 81.9 cm³/mol. The van der Waals surface area contributed by atoms with Crippen LogP contribution >= 0.6 is 0 Å². The Labute approximate surface area is 119 Å². The van der Waals surface area contributed by atoms with Gasteiger partial charge in [-0.05, 0) is 24.1 Å². The molecule has 3 rings (SSSR count). The van der Waals surface area contributed by atoms with Crippen LogP contribution in [0.4, 0.5) is 5.69 Å². The molecule has 0 radical (unpaired) electrons. The van der Waals surface area contributed by atoms with Crippen LogP contribution in [0.3, 0.4) is 0 Å². The van der Waals surface area contributed by atoms with Crippen LogP contribution in [0, 0.1) is 0 Å². The monoisotopic (exact) mass is 263 g/mol. The van der Waals surface area contributed by atoms with E-state index in [1.807, 2.05) is 43.3 Å². The van der Waals surface area contributed by atoms with E-state index in [2.05, 4.69) is 24.8 Å². The Morgan fingerprint density at radius 3 is 2.40 bits per heavy atom. The number of para-hydroxylation sites is 1. The minimum atomic E-state index is -0.0392. The molecule has 0 spiro atoms. The van der Waals surface area contributed by atoms with Gasteiger partial charge in [-0.2, -0.15) is 0 Å². The second kappa shape index (κ2) is 4.97. The predicted octanol–water partition coefficient (Wildman–Crippen LogP) is 3.74. The molecule has 2 heteroatoms. The smallest absolute Gasteiger partial charge is 0.254 e. The number of benzene rings is 2. The van der Waals surface area contributed by atoms with Gasteiger partial charge in [0.1, 0.15) is 0 Å². The maximum Gasteiger partial charge on any atom is 0.254 e. The molecular weight excluding hydrogens is 246 g/mol. The van der Waals surface area contributed by atoms with Crippen LogP contribution in [-0.4, -0.2) is 12.5 Å². The summed E-state index contributed by atoms with van der Waals surface area (Å²) in [5.74, 6) is -0.0113. The van der Waals surface area contributed by atoms with Gasteiger partial charge >= 0.3 is 0 Å². The minimum absolute atomic E-state index is 0.0278. The summed E-state index contributed by atoms with van der Waals surface area (Å²) in [6, 6.07) is 18.2. The molecule has 2 nitrogen and oxygen atoms in total. The number of anilines is 1. The van der Waals surface area contributed by atoms with Gasteiger partial charge in [-0.15, -0.1) is 0 Å². The highest BCUT2D eigenvalue weighted by molar-refractivity contribution is 6.09. The molecule has 1 aliphatic heterocycles. The summed E-state index contributed by atoms with van der Waals surface area (Å²) in [6.07, 6.45) is 0. The second-order valence-electron chi connectivity index (χ2n) is 4.98. The first-order valence-electron chi connectivity index (χ1n) is 6.88. The second-order valence-corrected chi connectivity index (χ2v) is 4.98. The molecular formula is C18H17NO. The highest BCUT2D eigenvalue weighted by atomic mass is 16.2. The van der Waals surface area contributed by atoms with E-state index in [-0.39, 0.29) is 11.8 Å². The summed E-state index contributed by atoms with van der Waals surface area (Å²) in [6.45, 7) is 6.71. The Bertz CT molecular complexity index is 660. The highest BCUT2D eigenvalue weighted by Gasteiger charge is 2.34. The van der Waals surface area contributed by atoms with Crippen LogP contribution in [0.5, 0.6) is 0 Å². The van der Waals surface area contributed by atoms with Crippen LogP contribution in [0.15, 0.2) is 66.7 Å². The Balaban J connectivity index is 2.20. The number of carbonyl (C=O) groups excluding carboxylic acids is 1. The van der Waals surface area contributed by atoms with E-state index in [0.29, 0.717) is 12.1 Å². The van der Waals surface area contributed by atoms with E-state index in [9.17, 15) is 4.79 Å². The fourth-order valence-corrected chi connectivity index (χ4v) is 2.91. The molecule has 100 valence electrons. The van der Waals surface area contributed by atoms with Crippen molar-refractivity contribution in [1.82, 2.24) is 0 Å². The molecule has 2 aromatic carbocycles. The third kappa shape index (κ3) is 1.85. The van der Waals surface area contributed by atoms with Gasteiger partial charge in [0.2, 0.25) is 0 Å². The van der Waals surface area contributed by atoms with Gasteiger partial charge in [0, 0.05) is 23.7 Å². The van der Waals surface area contributed by atoms with Crippen LogP contribution < -0.4 is 4.90 Å². The zero-order valence-corrected chi connectivity index (χ0v) is 11.5. The van der Waals surface area contributed by atoms with Gasteiger partial charge in [0.25, 0.3) is 5.91 Å². The summed E-state index contributed by atoms with van der Waals surface area (Å²) in [5, 5.41) is 0. The molecule has 2 aromatic rings. The first-order chi connectivity index (χ1) is 9.74. The van der Waals surface area contributed by atoms with Crippen molar-refractivity contribution in [2.75, 3.05) is 11.4 Å². The third-order valence-electron chi connectivity index (χ3n) is 3.86. The minimum Gasteiger partial charge on any atom is -0.309 e. The zero-order valence-electron chi connectivity index (χ0n) is 11.5. The molecule has 0 aromatic heterocycles. The zero-order chi connectivity index (χ0) is 14.1. The van der Waals surface area contributed by atoms with Gasteiger partial charge < -0.3 is 4.90 Å². The van der Waals surface area contributed by atoms with Crippen molar-refractivity contribution < 1.29 is 4.79 Å². The lowest BCUT2D eigenvalue weighted by Crippen LogP contribution is -2.38. The number of hydrogen-bond acceptors (Lipinski definition) is 1. The first-order valence-corrected chi connectivity index (χ1v) is 6.88. The van der Waals surface area contributed by atoms with E-state index < -0.39 is 0 Å². The number of hydrogen-bond donors (Lipinski definition) is 0. The van der Waals surface area contributed by atoms with Gasteiger partial charge in [0.15, 0.2) is 0 Å². The Morgan fingerprint density at radius 2 is 1.70 bits per heavy atom. The summed E-state index contributed by atoms with van der Waals surface area (Å²) >= 11 is 0. The van der Waals surface area contributed by atoms with Crippen LogP contribution in [-0.2, 0) is 4.79 Å². The topological polar surface area (TPSA) is 20.3 Å². The molecule has 0 saturated heterocycles. The van der Waals surface area contributed by atoms with Gasteiger partial charge in [-0.25, -0.2) is 0 Å². The average Bonchev–Trinajstić information content (AvgIpc) is 2.50. The van der Waals surface area contributed by atoms with Crippen molar-refractivity contribution in [2.45, 2.75) is 12.8 Å². The van der Waals surface area contributed by atoms with Crippen molar-refractivity contribution in [3.8, 4) is 0 Å². The van der Waals surface area contributed by atoms with Gasteiger partial charge in [-0.1, -0.05) is 55.1 Å². The molecule has 0 saturated carbocycles. The quantitative estimate of drug-likeness (QED) is 0.756. The molecule has 1 atom stereocenters. The Morgan fingerprint density at radius 1 is 1.05 bits per heavy atom. The molecule has 1 heterocycles. The van der Waals surface area contributed by atoms with Crippen molar-refractivity contribution in [3.63, 3.8) is 0 Å². The number of nitrogens with zero attached hydrogens (tertiary/aromatic N) is 1. The van der Waals surface area contributed by atoms with Crippen molar-refractivity contribution in [1.29, 1.82) is 0 Å². The fourth-order valence-electron chi connectivity index (χ4n) is 2.91. The average molecular weight is 263 g/mol. The molecule has 0 aliphatic carbocycles. The molecule has 1 amide bonds. The number of likely N-dealkylation sites (N-methyl/N-ethyl adjacent to an activating group) is 1. The lowest BCUT2D eigenvalue weighted by Gasteiger charge is -2.35. The third-order valence-corrected chi connectivity index (χ3v) is 3.86. The maximum absolute atomic E-state index is 12.5. The van der Waals surface area contributed by atoms with Gasteiger partial charge in [0.05, 0.1) is 0 Å². The van der Waals surface area contributed by atoms with E-state index in [0.717, 1.165) is 16.8 Å². The van der Waals surface area contributed by atoms with Crippen LogP contribution in [0.1, 0.15) is 24.0 Å². The highest BCUT2D eigenvalue weighted by Crippen LogP contribution is 2.41. The van der Waals surface area contributed by atoms with Crippen LogP contribution in [0.25, 0.3) is 0 Å². The molecule has 1 aliphatic rings. The summed E-state index contributed by atoms with van der Waals surface area (Å²) in [4.78, 5) is 14.3. The van der Waals surface area contributed by atoms with E-state index >= 15 is 0 Å². The number of carbonyl (C=O) groups is 1. The molecule has 0 fully saturated rings. The maximum atomic E-state index is 12.5. The molecule has 20 heavy (non-hydrogen) atoms. The lowest BCUT2D eigenvalue weighted by molar-refractivity contribution is -0.115. The summed E-state index contributed by atoms with van der Waals surface area (Å²) in [5.41, 5.74) is 3.93. The SMILES string of the molecule is C=C1C(=O)N(CC)c2ccccc2[C@@H]1c1ccccc1. The normalized spacial score (nSPS) is 18.1. The number of rotatable bonds is 2. The molecule has 0 N–H and O–H groups in total. The first kappa shape index (κ1) is 12.7. The summed E-state index contributed by atoms with van der Waals surface area (Å²) in [7, 11) is 0. The number of fused-ring (bicyclic) bond motifs is 1. The standard InChI is InChI=1S/C18H17NO/c1-3-19-16-12-8-7-11-15(16)17(13(2)18(19)20)14-9-5-4-6-10-14/h4-12,17H,2-3H2,1H3/t17-/m0/s1. The molecule has 0 unspecified atom stereocenters. The van der Waals surface area contributed by atoms with Crippen molar-refractivity contribution in [3.05, 3.63) is 77.9 Å². The van der Waals surface area contributed by atoms with E-state index in [1.165, 1.54) is 0 Å². The Hall–Kier alpha value is -2.35. The van der Waals surface area contributed by atoms with E-state index in [1.54, 1.807) is 4.90 Å². The van der Waals surface area contributed by atoms with Crippen molar-refractivity contribution in [2.24, 2.45) is 0 Å². The summed E-state index contributed by atoms with van der Waals surface area (Å²) < 4.78 is 0. The largest absolute Gasteiger partial charge is 0.309 e. The van der Waals surface area contributed by atoms with Gasteiger partial charge in [-0.3, -0.25) is 4.79 Å². The van der Waals surface area contributed by atoms with E-state index in [4.69, 9.17) is 0 Å². The Kier molecular flexibility index (Phi) is 3.15.